The number of nitrogens with one attached hydrogen (secondary N) is 1. The number of hydrogen-bond donors (Lipinski definition) is 2. The van der Waals surface area contributed by atoms with E-state index in [4.69, 9.17) is 0 Å². The molecule has 118 valence electrons. The molecule has 20 heavy (non-hydrogen) atoms. The highest BCUT2D eigenvalue weighted by atomic mass is 16.3. The Morgan fingerprint density at radius 1 is 1.25 bits per heavy atom. The van der Waals surface area contributed by atoms with E-state index in [0.717, 1.165) is 24.9 Å². The number of rotatable bonds is 8. The molecule has 3 heteroatoms. The van der Waals surface area contributed by atoms with E-state index in [1.807, 2.05) is 0 Å². The second-order valence-electron chi connectivity index (χ2n) is 7.38. The topological polar surface area (TPSA) is 35.5 Å². The molecule has 0 aromatic heterocycles. The molecule has 1 saturated heterocycles. The minimum absolute atomic E-state index is 0.343. The average molecular weight is 282 g/mol. The highest BCUT2D eigenvalue weighted by Crippen LogP contribution is 2.38. The van der Waals surface area contributed by atoms with Crippen LogP contribution in [-0.4, -0.2) is 48.3 Å². The molecule has 1 aliphatic heterocycles. The van der Waals surface area contributed by atoms with E-state index in [1.54, 1.807) is 0 Å². The normalized spacial score (nSPS) is 29.9. The first-order valence-electron chi connectivity index (χ1n) is 8.72. The summed E-state index contributed by atoms with van der Waals surface area (Å²) < 4.78 is 0. The fourth-order valence-electron chi connectivity index (χ4n) is 3.82. The average Bonchev–Trinajstić information content (AvgIpc) is 3.22. The summed E-state index contributed by atoms with van der Waals surface area (Å²) in [6.07, 6.45) is 6.36. The third-order valence-electron chi connectivity index (χ3n) is 4.97. The zero-order chi connectivity index (χ0) is 14.5. The minimum atomic E-state index is 0.343. The molecule has 2 N–H and O–H groups in total. The van der Waals surface area contributed by atoms with Gasteiger partial charge in [-0.15, -0.1) is 0 Å². The molecule has 3 unspecified atom stereocenters. The quantitative estimate of drug-likeness (QED) is 0.718. The highest BCUT2D eigenvalue weighted by molar-refractivity contribution is 4.93. The molecule has 3 nitrogen and oxygen atoms in total. The van der Waals surface area contributed by atoms with E-state index in [9.17, 15) is 5.11 Å². The van der Waals surface area contributed by atoms with E-state index in [-0.39, 0.29) is 0 Å². The molecular weight excluding hydrogens is 248 g/mol. The first kappa shape index (κ1) is 16.3. The first-order chi connectivity index (χ1) is 9.63. The van der Waals surface area contributed by atoms with Crippen molar-refractivity contribution in [2.45, 2.75) is 65.0 Å². The second kappa shape index (κ2) is 7.77. The Bertz CT molecular complexity index is 278. The van der Waals surface area contributed by atoms with Crippen molar-refractivity contribution < 1.29 is 5.11 Å². The Hall–Kier alpha value is -0.120. The van der Waals surface area contributed by atoms with Gasteiger partial charge in [-0.1, -0.05) is 20.8 Å². The van der Waals surface area contributed by atoms with Gasteiger partial charge in [0.25, 0.3) is 0 Å². The van der Waals surface area contributed by atoms with Gasteiger partial charge in [0, 0.05) is 31.8 Å². The van der Waals surface area contributed by atoms with Crippen molar-refractivity contribution in [3.63, 3.8) is 0 Å². The maximum absolute atomic E-state index is 9.29. The van der Waals surface area contributed by atoms with Gasteiger partial charge < -0.3 is 10.4 Å². The van der Waals surface area contributed by atoms with E-state index in [2.05, 4.69) is 31.0 Å². The van der Waals surface area contributed by atoms with Gasteiger partial charge in [0.2, 0.25) is 0 Å². The lowest BCUT2D eigenvalue weighted by atomic mass is 9.89. The maximum Gasteiger partial charge on any atom is 0.0434 e. The fraction of sp³-hybridized carbons (Fsp3) is 1.00. The van der Waals surface area contributed by atoms with Crippen LogP contribution in [0, 0.1) is 17.8 Å². The smallest absolute Gasteiger partial charge is 0.0434 e. The van der Waals surface area contributed by atoms with Crippen LogP contribution in [0.25, 0.3) is 0 Å². The molecule has 2 rings (SSSR count). The lowest BCUT2D eigenvalue weighted by Gasteiger charge is -2.42. The summed E-state index contributed by atoms with van der Waals surface area (Å²) in [6.45, 7) is 10.8. The van der Waals surface area contributed by atoms with E-state index < -0.39 is 0 Å². The lowest BCUT2D eigenvalue weighted by Crippen LogP contribution is -2.53. The number of piperidine rings is 1. The molecular formula is C17H34N2O. The van der Waals surface area contributed by atoms with Gasteiger partial charge in [0.05, 0.1) is 0 Å². The first-order valence-corrected chi connectivity index (χ1v) is 8.72. The van der Waals surface area contributed by atoms with Crippen LogP contribution in [0.15, 0.2) is 0 Å². The summed E-state index contributed by atoms with van der Waals surface area (Å²) in [4.78, 5) is 2.74. The summed E-state index contributed by atoms with van der Waals surface area (Å²) in [6, 6.07) is 1.41. The van der Waals surface area contributed by atoms with Crippen molar-refractivity contribution in [3.8, 4) is 0 Å². The standard InChI is InChI=1S/C17H34N2O/c1-4-17(15-5-6-15)19-11-14(7-8-20)9-16(12-19)18-10-13(2)3/h13-18,20H,4-12H2,1-3H3. The largest absolute Gasteiger partial charge is 0.396 e. The number of aliphatic hydroxyl groups is 1. The number of nitrogens with zero attached hydrogens (tertiary/aromatic N) is 1. The molecule has 0 aromatic rings. The third-order valence-corrected chi connectivity index (χ3v) is 4.97. The lowest BCUT2D eigenvalue weighted by molar-refractivity contribution is 0.0724. The summed E-state index contributed by atoms with van der Waals surface area (Å²) in [5, 5.41) is 13.0. The Kier molecular flexibility index (Phi) is 6.31. The van der Waals surface area contributed by atoms with Crippen LogP contribution in [0.2, 0.25) is 0 Å². The Morgan fingerprint density at radius 2 is 2.00 bits per heavy atom. The Labute approximate surface area is 125 Å². The zero-order valence-corrected chi connectivity index (χ0v) is 13.6. The van der Waals surface area contributed by atoms with Crippen molar-refractivity contribution in [2.24, 2.45) is 17.8 Å². The summed E-state index contributed by atoms with van der Waals surface area (Å²) in [5.74, 6) is 2.34. The molecule has 0 bridgehead atoms. The Morgan fingerprint density at radius 3 is 2.55 bits per heavy atom. The van der Waals surface area contributed by atoms with Crippen molar-refractivity contribution in [1.29, 1.82) is 0 Å². The SMILES string of the molecule is CCC(C1CC1)N1CC(CCO)CC(NCC(C)C)C1. The molecule has 1 saturated carbocycles. The fourth-order valence-corrected chi connectivity index (χ4v) is 3.82. The van der Waals surface area contributed by atoms with Gasteiger partial charge in [-0.2, -0.15) is 0 Å². The van der Waals surface area contributed by atoms with Crippen LogP contribution in [-0.2, 0) is 0 Å². The van der Waals surface area contributed by atoms with Gasteiger partial charge in [-0.25, -0.2) is 0 Å². The summed E-state index contributed by atoms with van der Waals surface area (Å²) in [7, 11) is 0. The molecule has 0 amide bonds. The molecule has 0 spiro atoms. The van der Waals surface area contributed by atoms with E-state index in [1.165, 1.54) is 38.8 Å². The zero-order valence-electron chi connectivity index (χ0n) is 13.6. The minimum Gasteiger partial charge on any atom is -0.396 e. The molecule has 3 atom stereocenters. The maximum atomic E-state index is 9.29. The second-order valence-corrected chi connectivity index (χ2v) is 7.38. The van der Waals surface area contributed by atoms with Crippen LogP contribution < -0.4 is 5.32 Å². The molecule has 0 radical (unpaired) electrons. The van der Waals surface area contributed by atoms with Gasteiger partial charge in [0.1, 0.15) is 0 Å². The molecule has 2 fully saturated rings. The summed E-state index contributed by atoms with van der Waals surface area (Å²) in [5.41, 5.74) is 0. The van der Waals surface area contributed by atoms with Gasteiger partial charge >= 0.3 is 0 Å². The van der Waals surface area contributed by atoms with E-state index >= 15 is 0 Å². The number of aliphatic hydroxyl groups excluding tert-OH is 1. The van der Waals surface area contributed by atoms with E-state index in [0.29, 0.717) is 24.5 Å². The van der Waals surface area contributed by atoms with Gasteiger partial charge in [-0.05, 0) is 56.4 Å². The number of hydrogen-bond acceptors (Lipinski definition) is 3. The van der Waals surface area contributed by atoms with Gasteiger partial charge in [-0.3, -0.25) is 4.90 Å². The Balaban J connectivity index is 1.92. The molecule has 1 aliphatic carbocycles. The highest BCUT2D eigenvalue weighted by Gasteiger charge is 2.37. The van der Waals surface area contributed by atoms with Crippen molar-refractivity contribution in [1.82, 2.24) is 10.2 Å². The van der Waals surface area contributed by atoms with Crippen LogP contribution in [0.1, 0.15) is 52.9 Å². The third kappa shape index (κ3) is 4.71. The number of likely N-dealkylation sites (tertiary alicyclic amines) is 1. The van der Waals surface area contributed by atoms with Crippen molar-refractivity contribution in [3.05, 3.63) is 0 Å². The van der Waals surface area contributed by atoms with Crippen molar-refractivity contribution in [2.75, 3.05) is 26.2 Å². The van der Waals surface area contributed by atoms with Crippen LogP contribution in [0.5, 0.6) is 0 Å². The van der Waals surface area contributed by atoms with Crippen LogP contribution in [0.4, 0.5) is 0 Å². The van der Waals surface area contributed by atoms with Crippen LogP contribution in [0.3, 0.4) is 0 Å². The predicted octanol–water partition coefficient (Wildman–Crippen LogP) is 2.49. The summed E-state index contributed by atoms with van der Waals surface area (Å²) >= 11 is 0. The van der Waals surface area contributed by atoms with Gasteiger partial charge in [0.15, 0.2) is 0 Å². The van der Waals surface area contributed by atoms with Crippen molar-refractivity contribution >= 4 is 0 Å². The molecule has 1 heterocycles. The monoisotopic (exact) mass is 282 g/mol. The predicted molar refractivity (Wildman–Crippen MR) is 84.8 cm³/mol. The molecule has 2 aliphatic rings. The van der Waals surface area contributed by atoms with Crippen LogP contribution >= 0.6 is 0 Å². The molecule has 0 aromatic carbocycles.